The Morgan fingerprint density at radius 2 is 1.96 bits per heavy atom. The van der Waals surface area contributed by atoms with Crippen LogP contribution in [0.1, 0.15) is 54.4 Å². The van der Waals surface area contributed by atoms with Gasteiger partial charge in [0.25, 0.3) is 0 Å². The quantitative estimate of drug-likeness (QED) is 0.664. The Morgan fingerprint density at radius 3 is 2.54 bits per heavy atom. The van der Waals surface area contributed by atoms with E-state index in [1.807, 2.05) is 13.8 Å². The van der Waals surface area contributed by atoms with Crippen LogP contribution in [0.25, 0.3) is 0 Å². The van der Waals surface area contributed by atoms with Gasteiger partial charge < -0.3 is 5.32 Å². The number of aromatic nitrogens is 4. The Morgan fingerprint density at radius 1 is 1.25 bits per heavy atom. The SMILES string of the molecule is Cc1nn(CCCNC(=O)CCn2nc(C(F)(F)F)cc2C2CC2)c(C)c1Cl. The molecule has 2 heterocycles. The lowest BCUT2D eigenvalue weighted by Crippen LogP contribution is -2.26. The summed E-state index contributed by atoms with van der Waals surface area (Å²) in [6.45, 7) is 4.94. The van der Waals surface area contributed by atoms with Crippen LogP contribution in [0, 0.1) is 13.8 Å². The third-order valence-corrected chi connectivity index (χ3v) is 5.36. The second-order valence-corrected chi connectivity index (χ2v) is 7.49. The monoisotopic (exact) mass is 417 g/mol. The Bertz CT molecular complexity index is 854. The molecule has 0 aromatic carbocycles. The number of carbonyl (C=O) groups is 1. The highest BCUT2D eigenvalue weighted by Crippen LogP contribution is 2.42. The van der Waals surface area contributed by atoms with Crippen molar-refractivity contribution < 1.29 is 18.0 Å². The normalized spacial score (nSPS) is 14.5. The van der Waals surface area contributed by atoms with Gasteiger partial charge in [0.15, 0.2) is 5.69 Å². The van der Waals surface area contributed by atoms with Gasteiger partial charge >= 0.3 is 6.18 Å². The van der Waals surface area contributed by atoms with Crippen molar-refractivity contribution in [3.8, 4) is 0 Å². The van der Waals surface area contributed by atoms with Crippen molar-refractivity contribution in [1.82, 2.24) is 24.9 Å². The number of hydrogen-bond donors (Lipinski definition) is 1. The lowest BCUT2D eigenvalue weighted by molar-refractivity contribution is -0.141. The standard InChI is InChI=1S/C18H23ClF3N5O/c1-11-17(19)12(2)26(24-11)8-3-7-23-16(28)6-9-27-14(13-4-5-13)10-15(25-27)18(20,21)22/h10,13H,3-9H2,1-2H3,(H,23,28). The summed E-state index contributed by atoms with van der Waals surface area (Å²) in [5.41, 5.74) is 1.34. The van der Waals surface area contributed by atoms with Crippen LogP contribution in [0.5, 0.6) is 0 Å². The second kappa shape index (κ2) is 8.14. The Hall–Kier alpha value is -2.03. The first-order chi connectivity index (χ1) is 13.2. The molecule has 0 spiro atoms. The zero-order valence-corrected chi connectivity index (χ0v) is 16.6. The van der Waals surface area contributed by atoms with Gasteiger partial charge in [0.2, 0.25) is 5.91 Å². The van der Waals surface area contributed by atoms with Crippen molar-refractivity contribution in [2.24, 2.45) is 0 Å². The molecular formula is C18H23ClF3N5O. The molecule has 1 fully saturated rings. The molecule has 28 heavy (non-hydrogen) atoms. The first kappa shape index (κ1) is 20.7. The highest BCUT2D eigenvalue weighted by molar-refractivity contribution is 6.31. The van der Waals surface area contributed by atoms with E-state index in [9.17, 15) is 18.0 Å². The largest absolute Gasteiger partial charge is 0.435 e. The van der Waals surface area contributed by atoms with Gasteiger partial charge in [-0.2, -0.15) is 23.4 Å². The maximum absolute atomic E-state index is 12.9. The number of nitrogens with zero attached hydrogens (tertiary/aromatic N) is 4. The molecule has 1 aliphatic rings. The van der Waals surface area contributed by atoms with Crippen molar-refractivity contribution in [3.63, 3.8) is 0 Å². The van der Waals surface area contributed by atoms with E-state index in [0.717, 1.165) is 30.3 Å². The molecule has 0 radical (unpaired) electrons. The topological polar surface area (TPSA) is 64.7 Å². The second-order valence-electron chi connectivity index (χ2n) is 7.11. The van der Waals surface area contributed by atoms with E-state index in [2.05, 4.69) is 15.5 Å². The lowest BCUT2D eigenvalue weighted by atomic mass is 10.2. The molecule has 0 aliphatic heterocycles. The van der Waals surface area contributed by atoms with Crippen LogP contribution < -0.4 is 5.32 Å². The smallest absolute Gasteiger partial charge is 0.356 e. The molecule has 1 aliphatic carbocycles. The van der Waals surface area contributed by atoms with Crippen molar-refractivity contribution in [2.75, 3.05) is 6.54 Å². The van der Waals surface area contributed by atoms with E-state index < -0.39 is 11.9 Å². The fourth-order valence-electron chi connectivity index (χ4n) is 3.10. The number of alkyl halides is 3. The summed E-state index contributed by atoms with van der Waals surface area (Å²) in [6.07, 6.45) is -1.97. The summed E-state index contributed by atoms with van der Waals surface area (Å²) in [4.78, 5) is 12.0. The van der Waals surface area contributed by atoms with E-state index in [0.29, 0.717) is 30.2 Å². The summed E-state index contributed by atoms with van der Waals surface area (Å²) in [5, 5.41) is 11.4. The van der Waals surface area contributed by atoms with Gasteiger partial charge in [0.1, 0.15) is 0 Å². The molecule has 1 saturated carbocycles. The molecular weight excluding hydrogens is 395 g/mol. The minimum Gasteiger partial charge on any atom is -0.356 e. The molecule has 154 valence electrons. The minimum absolute atomic E-state index is 0.0877. The Balaban J connectivity index is 1.45. The van der Waals surface area contributed by atoms with Crippen LogP contribution >= 0.6 is 11.6 Å². The van der Waals surface area contributed by atoms with Crippen molar-refractivity contribution in [3.05, 3.63) is 33.9 Å². The number of aryl methyl sites for hydroxylation is 3. The molecule has 2 aromatic rings. The first-order valence-electron chi connectivity index (χ1n) is 9.28. The van der Waals surface area contributed by atoms with Crippen molar-refractivity contribution in [2.45, 2.75) is 64.7 Å². The molecule has 1 amide bonds. The summed E-state index contributed by atoms with van der Waals surface area (Å²) in [6, 6.07) is 1.11. The fraction of sp³-hybridized carbons (Fsp3) is 0.611. The highest BCUT2D eigenvalue weighted by Gasteiger charge is 2.37. The molecule has 0 bridgehead atoms. The summed E-state index contributed by atoms with van der Waals surface area (Å²) >= 11 is 6.10. The number of halogens is 4. The van der Waals surface area contributed by atoms with Gasteiger partial charge in [0.05, 0.1) is 16.4 Å². The Kier molecular flexibility index (Phi) is 6.02. The van der Waals surface area contributed by atoms with Crippen LogP contribution in [-0.2, 0) is 24.1 Å². The van der Waals surface area contributed by atoms with Gasteiger partial charge in [-0.1, -0.05) is 11.6 Å². The molecule has 3 rings (SSSR count). The zero-order chi connectivity index (χ0) is 20.5. The molecule has 0 saturated heterocycles. The predicted molar refractivity (Wildman–Crippen MR) is 98.2 cm³/mol. The van der Waals surface area contributed by atoms with Crippen molar-refractivity contribution >= 4 is 17.5 Å². The van der Waals surface area contributed by atoms with Crippen LogP contribution in [0.2, 0.25) is 5.02 Å². The number of rotatable bonds is 8. The van der Waals surface area contributed by atoms with Gasteiger partial charge in [-0.25, -0.2) is 0 Å². The maximum Gasteiger partial charge on any atom is 0.435 e. The van der Waals surface area contributed by atoms with Crippen molar-refractivity contribution in [1.29, 1.82) is 0 Å². The number of amides is 1. The highest BCUT2D eigenvalue weighted by atomic mass is 35.5. The molecule has 1 N–H and O–H groups in total. The third-order valence-electron chi connectivity index (χ3n) is 4.81. The summed E-state index contributed by atoms with van der Waals surface area (Å²) in [7, 11) is 0. The van der Waals surface area contributed by atoms with Gasteiger partial charge in [0, 0.05) is 37.7 Å². The molecule has 10 heteroatoms. The average molecular weight is 418 g/mol. The minimum atomic E-state index is -4.47. The van der Waals surface area contributed by atoms with E-state index in [1.54, 1.807) is 4.68 Å². The van der Waals surface area contributed by atoms with E-state index in [-0.39, 0.29) is 24.8 Å². The van der Waals surface area contributed by atoms with E-state index >= 15 is 0 Å². The fourth-order valence-corrected chi connectivity index (χ4v) is 3.24. The van der Waals surface area contributed by atoms with Gasteiger partial charge in [-0.05, 0) is 39.2 Å². The van der Waals surface area contributed by atoms with Crippen LogP contribution in [0.15, 0.2) is 6.07 Å². The van der Waals surface area contributed by atoms with Crippen LogP contribution in [-0.4, -0.2) is 32.0 Å². The van der Waals surface area contributed by atoms with Gasteiger partial charge in [-0.3, -0.25) is 14.2 Å². The summed E-state index contributed by atoms with van der Waals surface area (Å²) < 4.78 is 41.8. The average Bonchev–Trinajstić information content (AvgIpc) is 3.33. The summed E-state index contributed by atoms with van der Waals surface area (Å²) in [5.74, 6) is -0.0866. The number of hydrogen-bond acceptors (Lipinski definition) is 3. The molecule has 6 nitrogen and oxygen atoms in total. The number of nitrogens with one attached hydrogen (secondary N) is 1. The molecule has 0 atom stereocenters. The van der Waals surface area contributed by atoms with Crippen LogP contribution in [0.4, 0.5) is 13.2 Å². The van der Waals surface area contributed by atoms with E-state index in [4.69, 9.17) is 11.6 Å². The Labute approximate surface area is 166 Å². The lowest BCUT2D eigenvalue weighted by Gasteiger charge is -2.09. The van der Waals surface area contributed by atoms with Crippen LogP contribution in [0.3, 0.4) is 0 Å². The number of carbonyl (C=O) groups excluding carboxylic acids is 1. The first-order valence-corrected chi connectivity index (χ1v) is 9.65. The maximum atomic E-state index is 12.9. The molecule has 0 unspecified atom stereocenters. The predicted octanol–water partition coefficient (Wildman–Crippen LogP) is 3.84. The van der Waals surface area contributed by atoms with E-state index in [1.165, 1.54) is 4.68 Å². The van der Waals surface area contributed by atoms with Gasteiger partial charge in [-0.15, -0.1) is 0 Å². The molecule has 2 aromatic heterocycles. The third kappa shape index (κ3) is 4.87. The zero-order valence-electron chi connectivity index (χ0n) is 15.8.